The summed E-state index contributed by atoms with van der Waals surface area (Å²) in [4.78, 5) is 24.3. The molecule has 1 aliphatic rings. The zero-order valence-corrected chi connectivity index (χ0v) is 15.2. The van der Waals surface area contributed by atoms with Gasteiger partial charge >= 0.3 is 12.0 Å². The van der Waals surface area contributed by atoms with Crippen LogP contribution in [0.25, 0.3) is 0 Å². The van der Waals surface area contributed by atoms with Crippen molar-refractivity contribution in [2.45, 2.75) is 26.3 Å². The number of phenolic OH excluding ortho intramolecular Hbond substituents is 1. The minimum atomic E-state index is -0.852. The van der Waals surface area contributed by atoms with Gasteiger partial charge in [0.25, 0.3) is 0 Å². The molecule has 7 nitrogen and oxygen atoms in total. The van der Waals surface area contributed by atoms with Gasteiger partial charge in [0, 0.05) is 15.7 Å². The van der Waals surface area contributed by atoms with Crippen molar-refractivity contribution in [3.05, 3.63) is 33.4 Å². The number of carbonyl (C=O) groups excluding carboxylic acids is 2. The van der Waals surface area contributed by atoms with E-state index in [4.69, 9.17) is 9.47 Å². The van der Waals surface area contributed by atoms with E-state index in [2.05, 4.69) is 26.6 Å². The highest BCUT2D eigenvalue weighted by atomic mass is 79.9. The number of phenols is 1. The molecule has 2 rings (SSSR count). The van der Waals surface area contributed by atoms with Crippen LogP contribution in [0, 0.1) is 0 Å². The summed E-state index contributed by atoms with van der Waals surface area (Å²) in [5.74, 6) is -0.474. The lowest BCUT2D eigenvalue weighted by Gasteiger charge is -2.29. The number of carbonyl (C=O) groups is 2. The number of hydrogen-bond donors (Lipinski definition) is 3. The van der Waals surface area contributed by atoms with Gasteiger partial charge in [-0.2, -0.15) is 0 Å². The molecule has 1 heterocycles. The number of esters is 1. The molecule has 1 unspecified atom stereocenters. The fourth-order valence-electron chi connectivity index (χ4n) is 2.44. The Morgan fingerprint density at radius 2 is 2.12 bits per heavy atom. The van der Waals surface area contributed by atoms with Crippen molar-refractivity contribution >= 4 is 27.9 Å². The van der Waals surface area contributed by atoms with Gasteiger partial charge in [-0.05, 0) is 25.5 Å². The van der Waals surface area contributed by atoms with Crippen LogP contribution in [0.1, 0.15) is 31.9 Å². The Morgan fingerprint density at radius 3 is 2.75 bits per heavy atom. The van der Waals surface area contributed by atoms with Gasteiger partial charge in [-0.15, -0.1) is 0 Å². The predicted octanol–water partition coefficient (Wildman–Crippen LogP) is 2.74. The Kier molecular flexibility index (Phi) is 5.71. The lowest BCUT2D eigenvalue weighted by molar-refractivity contribution is -0.139. The van der Waals surface area contributed by atoms with Crippen molar-refractivity contribution < 1.29 is 24.2 Å². The third kappa shape index (κ3) is 3.64. The van der Waals surface area contributed by atoms with Crippen LogP contribution in [0.5, 0.6) is 11.5 Å². The first-order valence-corrected chi connectivity index (χ1v) is 8.20. The van der Waals surface area contributed by atoms with Gasteiger partial charge < -0.3 is 25.2 Å². The molecule has 1 atom stereocenters. The van der Waals surface area contributed by atoms with Gasteiger partial charge in [0.1, 0.15) is 0 Å². The van der Waals surface area contributed by atoms with Crippen LogP contribution in [-0.4, -0.2) is 30.8 Å². The van der Waals surface area contributed by atoms with Crippen LogP contribution in [0.3, 0.4) is 0 Å². The third-order valence-corrected chi connectivity index (χ3v) is 3.98. The summed E-state index contributed by atoms with van der Waals surface area (Å²) in [6.07, 6.45) is 0.679. The number of urea groups is 1. The van der Waals surface area contributed by atoms with Crippen molar-refractivity contribution in [1.29, 1.82) is 0 Å². The molecule has 0 radical (unpaired) electrons. The molecule has 0 saturated carbocycles. The molecule has 1 aliphatic heterocycles. The molecule has 0 bridgehead atoms. The fourth-order valence-corrected chi connectivity index (χ4v) is 2.89. The Hall–Kier alpha value is -2.22. The van der Waals surface area contributed by atoms with Crippen LogP contribution < -0.4 is 15.4 Å². The standard InChI is InChI=1S/C16H19BrN2O5/c1-4-5-24-15(21)12-8(2)18-16(22)19-13(12)10-6-9(17)7-11(23-3)14(10)20/h6-7,13,20H,4-5H2,1-3H3,(H2,18,19,22). The van der Waals surface area contributed by atoms with Crippen LogP contribution in [-0.2, 0) is 9.53 Å². The third-order valence-electron chi connectivity index (χ3n) is 3.53. The van der Waals surface area contributed by atoms with E-state index in [-0.39, 0.29) is 23.7 Å². The van der Waals surface area contributed by atoms with Gasteiger partial charge in [-0.3, -0.25) is 0 Å². The van der Waals surface area contributed by atoms with Crippen molar-refractivity contribution in [3.63, 3.8) is 0 Å². The molecule has 0 saturated heterocycles. The lowest BCUT2D eigenvalue weighted by Crippen LogP contribution is -2.45. The first kappa shape index (κ1) is 18.1. The lowest BCUT2D eigenvalue weighted by atomic mass is 9.94. The number of nitrogens with one attached hydrogen (secondary N) is 2. The van der Waals surface area contributed by atoms with Crippen LogP contribution in [0.2, 0.25) is 0 Å². The highest BCUT2D eigenvalue weighted by Crippen LogP contribution is 2.40. The maximum Gasteiger partial charge on any atom is 0.338 e. The van der Waals surface area contributed by atoms with Gasteiger partial charge in [0.15, 0.2) is 11.5 Å². The molecule has 0 spiro atoms. The first-order valence-electron chi connectivity index (χ1n) is 7.40. The summed E-state index contributed by atoms with van der Waals surface area (Å²) in [5, 5.41) is 15.6. The second kappa shape index (κ2) is 7.57. The maximum absolute atomic E-state index is 12.4. The van der Waals surface area contributed by atoms with Gasteiger partial charge in [-0.25, -0.2) is 9.59 Å². The van der Waals surface area contributed by atoms with E-state index in [0.717, 1.165) is 0 Å². The quantitative estimate of drug-likeness (QED) is 0.662. The van der Waals surface area contributed by atoms with Gasteiger partial charge in [0.05, 0.1) is 25.3 Å². The second-order valence-electron chi connectivity index (χ2n) is 5.25. The molecule has 130 valence electrons. The fraction of sp³-hybridized carbons (Fsp3) is 0.375. The molecule has 8 heteroatoms. The molecule has 1 aromatic carbocycles. The van der Waals surface area contributed by atoms with Gasteiger partial charge in [-0.1, -0.05) is 22.9 Å². The highest BCUT2D eigenvalue weighted by Gasteiger charge is 2.34. The average molecular weight is 399 g/mol. The smallest absolute Gasteiger partial charge is 0.338 e. The van der Waals surface area contributed by atoms with E-state index < -0.39 is 18.0 Å². The number of rotatable bonds is 5. The van der Waals surface area contributed by atoms with Crippen molar-refractivity contribution in [3.8, 4) is 11.5 Å². The first-order chi connectivity index (χ1) is 11.4. The molecule has 24 heavy (non-hydrogen) atoms. The number of aromatic hydroxyl groups is 1. The van der Waals surface area contributed by atoms with E-state index >= 15 is 0 Å². The largest absolute Gasteiger partial charge is 0.504 e. The Morgan fingerprint density at radius 1 is 1.42 bits per heavy atom. The molecule has 0 aliphatic carbocycles. The second-order valence-corrected chi connectivity index (χ2v) is 6.17. The summed E-state index contributed by atoms with van der Waals surface area (Å²) < 4.78 is 11.0. The van der Waals surface area contributed by atoms with Crippen LogP contribution in [0.15, 0.2) is 27.9 Å². The zero-order chi connectivity index (χ0) is 17.9. The monoisotopic (exact) mass is 398 g/mol. The Balaban J connectivity index is 2.53. The van der Waals surface area contributed by atoms with Crippen molar-refractivity contribution in [2.24, 2.45) is 0 Å². The average Bonchev–Trinajstić information content (AvgIpc) is 2.53. The number of allylic oxidation sites excluding steroid dienone is 1. The summed E-state index contributed by atoms with van der Waals surface area (Å²) in [6, 6.07) is 1.89. The molecule has 0 aromatic heterocycles. The predicted molar refractivity (Wildman–Crippen MR) is 90.7 cm³/mol. The summed E-state index contributed by atoms with van der Waals surface area (Å²) >= 11 is 3.33. The highest BCUT2D eigenvalue weighted by molar-refractivity contribution is 9.10. The van der Waals surface area contributed by atoms with E-state index in [0.29, 0.717) is 22.2 Å². The number of amides is 2. The van der Waals surface area contributed by atoms with E-state index in [9.17, 15) is 14.7 Å². The van der Waals surface area contributed by atoms with Crippen molar-refractivity contribution in [1.82, 2.24) is 10.6 Å². The van der Waals surface area contributed by atoms with Crippen molar-refractivity contribution in [2.75, 3.05) is 13.7 Å². The van der Waals surface area contributed by atoms with E-state index in [1.807, 2.05) is 6.92 Å². The summed E-state index contributed by atoms with van der Waals surface area (Å²) in [5.41, 5.74) is 0.945. The van der Waals surface area contributed by atoms with E-state index in [1.54, 1.807) is 19.1 Å². The molecular formula is C16H19BrN2O5. The molecule has 0 fully saturated rings. The summed E-state index contributed by atoms with van der Waals surface area (Å²) in [6.45, 7) is 3.77. The Labute approximate surface area is 148 Å². The minimum Gasteiger partial charge on any atom is -0.504 e. The number of methoxy groups -OCH3 is 1. The number of hydrogen-bond acceptors (Lipinski definition) is 5. The number of halogens is 1. The number of ether oxygens (including phenoxy) is 2. The topological polar surface area (TPSA) is 96.9 Å². The van der Waals surface area contributed by atoms with Crippen LogP contribution in [0.4, 0.5) is 4.79 Å². The molecule has 2 amide bonds. The molecular weight excluding hydrogens is 380 g/mol. The zero-order valence-electron chi connectivity index (χ0n) is 13.6. The molecule has 1 aromatic rings. The Bertz CT molecular complexity index is 702. The maximum atomic E-state index is 12.4. The van der Waals surface area contributed by atoms with Crippen LogP contribution >= 0.6 is 15.9 Å². The SMILES string of the molecule is CCCOC(=O)C1=C(C)NC(=O)NC1c1cc(Br)cc(OC)c1O. The van der Waals surface area contributed by atoms with E-state index in [1.165, 1.54) is 7.11 Å². The number of benzene rings is 1. The minimum absolute atomic E-state index is 0.151. The van der Waals surface area contributed by atoms with Gasteiger partial charge in [0.2, 0.25) is 0 Å². The summed E-state index contributed by atoms with van der Waals surface area (Å²) in [7, 11) is 1.42. The normalized spacial score (nSPS) is 17.2. The molecule has 3 N–H and O–H groups in total.